The predicted octanol–water partition coefficient (Wildman–Crippen LogP) is 2.47. The third-order valence-corrected chi connectivity index (χ3v) is 3.11. The van der Waals surface area contributed by atoms with Gasteiger partial charge < -0.3 is 9.67 Å². The van der Waals surface area contributed by atoms with Crippen molar-refractivity contribution in [2.75, 3.05) is 5.75 Å². The number of aromatic nitrogens is 3. The molecule has 1 rings (SSSR count). The molecule has 0 atom stereocenters. The second kappa shape index (κ2) is 6.42. The molecule has 0 aliphatic rings. The van der Waals surface area contributed by atoms with Crippen LogP contribution < -0.4 is 0 Å². The van der Waals surface area contributed by atoms with Gasteiger partial charge in [0.15, 0.2) is 5.16 Å². The average molecular weight is 315 g/mol. The maximum Gasteiger partial charge on any atom is 0.365 e. The minimum atomic E-state index is -4.43. The average Bonchev–Trinajstić information content (AvgIpc) is 2.68. The summed E-state index contributed by atoms with van der Waals surface area (Å²) in [7, 11) is 0. The zero-order valence-electron chi connectivity index (χ0n) is 10.7. The van der Waals surface area contributed by atoms with E-state index in [1.807, 2.05) is 0 Å². The van der Waals surface area contributed by atoms with Crippen molar-refractivity contribution in [3.05, 3.63) is 5.82 Å². The highest BCUT2D eigenvalue weighted by Crippen LogP contribution is 2.35. The molecule has 1 aromatic heterocycles. The number of halogens is 4. The van der Waals surface area contributed by atoms with E-state index in [4.69, 9.17) is 5.11 Å². The summed E-state index contributed by atoms with van der Waals surface area (Å²) >= 11 is 0.657. The van der Waals surface area contributed by atoms with Crippen molar-refractivity contribution in [1.82, 2.24) is 14.8 Å². The number of nitrogens with zero attached hydrogens (tertiary/aromatic N) is 3. The smallest absolute Gasteiger partial charge is 0.365 e. The third kappa shape index (κ3) is 3.84. The SMILES string of the molecule is CC(C)Cn1c(SCC(=O)O)nnc1C(F)(F)C(F)F. The van der Waals surface area contributed by atoms with Gasteiger partial charge in [0.2, 0.25) is 5.82 Å². The van der Waals surface area contributed by atoms with Crippen molar-refractivity contribution < 1.29 is 27.5 Å². The van der Waals surface area contributed by atoms with E-state index in [2.05, 4.69) is 10.2 Å². The molecule has 0 saturated heterocycles. The first-order valence-corrected chi connectivity index (χ1v) is 6.59. The molecule has 20 heavy (non-hydrogen) atoms. The highest BCUT2D eigenvalue weighted by atomic mass is 32.2. The van der Waals surface area contributed by atoms with Crippen molar-refractivity contribution in [3.8, 4) is 0 Å². The first-order valence-electron chi connectivity index (χ1n) is 5.60. The summed E-state index contributed by atoms with van der Waals surface area (Å²) in [6.07, 6.45) is -3.91. The largest absolute Gasteiger partial charge is 0.481 e. The van der Waals surface area contributed by atoms with Gasteiger partial charge in [-0.2, -0.15) is 8.78 Å². The minimum absolute atomic E-state index is 0.00735. The van der Waals surface area contributed by atoms with Crippen LogP contribution in [0.15, 0.2) is 5.16 Å². The molecule has 1 aromatic rings. The Labute approximate surface area is 116 Å². The summed E-state index contributed by atoms with van der Waals surface area (Å²) in [6, 6.07) is 0. The van der Waals surface area contributed by atoms with Crippen molar-refractivity contribution >= 4 is 17.7 Å². The van der Waals surface area contributed by atoms with Gasteiger partial charge in [-0.15, -0.1) is 10.2 Å². The van der Waals surface area contributed by atoms with E-state index in [9.17, 15) is 22.4 Å². The van der Waals surface area contributed by atoms with E-state index in [-0.39, 0.29) is 17.6 Å². The standard InChI is InChI=1S/C10H13F4N3O2S/c1-5(2)3-17-8(10(13,14)7(11)12)15-16-9(17)20-4-6(18)19/h5,7H,3-4H2,1-2H3,(H,18,19). The van der Waals surface area contributed by atoms with Crippen molar-refractivity contribution in [1.29, 1.82) is 0 Å². The Hall–Kier alpha value is -1.32. The van der Waals surface area contributed by atoms with Crippen LogP contribution in [0.5, 0.6) is 0 Å². The highest BCUT2D eigenvalue weighted by Gasteiger charge is 2.48. The molecule has 0 aliphatic carbocycles. The first-order chi connectivity index (χ1) is 9.16. The van der Waals surface area contributed by atoms with Crippen LogP contribution in [0.25, 0.3) is 0 Å². The van der Waals surface area contributed by atoms with E-state index in [0.717, 1.165) is 4.57 Å². The lowest BCUT2D eigenvalue weighted by atomic mass is 10.2. The van der Waals surface area contributed by atoms with Crippen molar-refractivity contribution in [2.45, 2.75) is 37.9 Å². The molecule has 114 valence electrons. The highest BCUT2D eigenvalue weighted by molar-refractivity contribution is 7.99. The van der Waals surface area contributed by atoms with Gasteiger partial charge in [0.05, 0.1) is 5.75 Å². The van der Waals surface area contributed by atoms with Crippen molar-refractivity contribution in [3.63, 3.8) is 0 Å². The van der Waals surface area contributed by atoms with Gasteiger partial charge in [0, 0.05) is 6.54 Å². The van der Waals surface area contributed by atoms with Crippen LogP contribution in [0.3, 0.4) is 0 Å². The van der Waals surface area contributed by atoms with E-state index in [0.29, 0.717) is 11.8 Å². The number of hydrogen-bond acceptors (Lipinski definition) is 4. The third-order valence-electron chi connectivity index (χ3n) is 2.16. The number of hydrogen-bond donors (Lipinski definition) is 1. The summed E-state index contributed by atoms with van der Waals surface area (Å²) < 4.78 is 52.5. The maximum absolute atomic E-state index is 13.4. The molecule has 1 heterocycles. The minimum Gasteiger partial charge on any atom is -0.481 e. The van der Waals surface area contributed by atoms with Crippen molar-refractivity contribution in [2.24, 2.45) is 5.92 Å². The van der Waals surface area contributed by atoms with Crippen LogP contribution >= 0.6 is 11.8 Å². The van der Waals surface area contributed by atoms with E-state index < -0.39 is 29.9 Å². The number of carboxylic acid groups (broad SMARTS) is 1. The lowest BCUT2D eigenvalue weighted by molar-refractivity contribution is -0.143. The molecule has 0 spiro atoms. The maximum atomic E-state index is 13.4. The zero-order valence-corrected chi connectivity index (χ0v) is 11.5. The number of alkyl halides is 4. The Bertz CT molecular complexity index is 479. The Morgan fingerprint density at radius 1 is 1.40 bits per heavy atom. The Kier molecular flexibility index (Phi) is 5.37. The fourth-order valence-corrected chi connectivity index (χ4v) is 2.06. The molecule has 5 nitrogen and oxygen atoms in total. The summed E-state index contributed by atoms with van der Waals surface area (Å²) in [6.45, 7) is 3.40. The van der Waals surface area contributed by atoms with E-state index in [1.165, 1.54) is 0 Å². The quantitative estimate of drug-likeness (QED) is 0.618. The molecule has 0 saturated carbocycles. The molecular weight excluding hydrogens is 302 g/mol. The molecule has 0 radical (unpaired) electrons. The normalized spacial score (nSPS) is 12.4. The number of carboxylic acids is 1. The molecule has 0 aliphatic heterocycles. The molecule has 0 fully saturated rings. The zero-order chi connectivity index (χ0) is 15.5. The molecule has 0 amide bonds. The second-order valence-electron chi connectivity index (χ2n) is 4.42. The molecule has 0 aromatic carbocycles. The fraction of sp³-hybridized carbons (Fsp3) is 0.700. The number of thioether (sulfide) groups is 1. The monoisotopic (exact) mass is 315 g/mol. The number of rotatable bonds is 7. The van der Waals surface area contributed by atoms with Crippen LogP contribution in [-0.4, -0.2) is 38.0 Å². The van der Waals surface area contributed by atoms with E-state index in [1.54, 1.807) is 13.8 Å². The fourth-order valence-electron chi connectivity index (χ4n) is 1.40. The molecule has 0 bridgehead atoms. The van der Waals surface area contributed by atoms with E-state index >= 15 is 0 Å². The lowest BCUT2D eigenvalue weighted by Gasteiger charge is -2.17. The van der Waals surface area contributed by atoms with Gasteiger partial charge in [0.25, 0.3) is 0 Å². The van der Waals surface area contributed by atoms with Gasteiger partial charge in [-0.05, 0) is 5.92 Å². The Morgan fingerprint density at radius 2 is 2.00 bits per heavy atom. The Balaban J connectivity index is 3.15. The first kappa shape index (κ1) is 16.7. The van der Waals surface area contributed by atoms with Crippen LogP contribution in [0.1, 0.15) is 19.7 Å². The molecular formula is C10H13F4N3O2S. The van der Waals surface area contributed by atoms with Crippen LogP contribution in [0.4, 0.5) is 17.6 Å². The second-order valence-corrected chi connectivity index (χ2v) is 5.36. The predicted molar refractivity (Wildman–Crippen MR) is 63.1 cm³/mol. The number of carbonyl (C=O) groups is 1. The van der Waals surface area contributed by atoms with Gasteiger partial charge in [-0.3, -0.25) is 4.79 Å². The topological polar surface area (TPSA) is 68.0 Å². The summed E-state index contributed by atoms with van der Waals surface area (Å²) in [5, 5.41) is 14.9. The lowest BCUT2D eigenvalue weighted by Crippen LogP contribution is -2.29. The van der Waals surface area contributed by atoms with Crippen LogP contribution in [0.2, 0.25) is 0 Å². The van der Waals surface area contributed by atoms with Gasteiger partial charge in [-0.1, -0.05) is 25.6 Å². The molecule has 10 heteroatoms. The Morgan fingerprint density at radius 3 is 2.45 bits per heavy atom. The van der Waals surface area contributed by atoms with Crippen LogP contribution in [-0.2, 0) is 17.3 Å². The summed E-state index contributed by atoms with van der Waals surface area (Å²) in [5.74, 6) is -7.28. The van der Waals surface area contributed by atoms with Gasteiger partial charge >= 0.3 is 18.3 Å². The number of aliphatic carboxylic acids is 1. The molecule has 0 unspecified atom stereocenters. The summed E-state index contributed by atoms with van der Waals surface area (Å²) in [5.41, 5.74) is 0. The van der Waals surface area contributed by atoms with Gasteiger partial charge in [-0.25, -0.2) is 8.78 Å². The van der Waals surface area contributed by atoms with Crippen LogP contribution in [0, 0.1) is 5.92 Å². The molecule has 1 N–H and O–H groups in total. The summed E-state index contributed by atoms with van der Waals surface area (Å²) in [4.78, 5) is 10.5. The van der Waals surface area contributed by atoms with Gasteiger partial charge in [0.1, 0.15) is 0 Å².